The molecule has 2 heterocycles. The van der Waals surface area contributed by atoms with Crippen molar-refractivity contribution in [3.8, 4) is 22.9 Å². The molecule has 7 nitrogen and oxygen atoms in total. The minimum Gasteiger partial charge on any atom is -0.453 e. The van der Waals surface area contributed by atoms with Crippen molar-refractivity contribution >= 4 is 22.2 Å². The number of rotatable bonds is 3. The van der Waals surface area contributed by atoms with Gasteiger partial charge in [0.1, 0.15) is 0 Å². The fourth-order valence-corrected chi connectivity index (χ4v) is 2.40. The Morgan fingerprint density at radius 1 is 1.42 bits per heavy atom. The number of carbonyl (C=O) groups excluding carboxylic acids is 1. The topological polar surface area (TPSA) is 100 Å². The summed E-state index contributed by atoms with van der Waals surface area (Å²) in [6.45, 7) is 0.192. The fraction of sp³-hybridized carbons (Fsp3) is 0.182. The average molecular weight is 326 g/mol. The fourth-order valence-electron chi connectivity index (χ4n) is 1.80. The van der Waals surface area contributed by atoms with Crippen LogP contribution < -0.4 is 15.2 Å². The Morgan fingerprint density at radius 3 is 2.89 bits per heavy atom. The van der Waals surface area contributed by atoms with Crippen molar-refractivity contribution in [3.05, 3.63) is 22.0 Å². The van der Waals surface area contributed by atoms with Crippen LogP contribution in [0.2, 0.25) is 0 Å². The Kier molecular flexibility index (Phi) is 2.96. The van der Waals surface area contributed by atoms with Gasteiger partial charge in [0.2, 0.25) is 18.5 Å². The Balaban J connectivity index is 2.21. The Morgan fingerprint density at radius 2 is 2.21 bits per heavy atom. The molecule has 0 fully saturated rings. The van der Waals surface area contributed by atoms with E-state index >= 15 is 0 Å². The molecule has 1 aliphatic heterocycles. The van der Waals surface area contributed by atoms with Gasteiger partial charge in [0, 0.05) is 4.47 Å². The van der Waals surface area contributed by atoms with Crippen molar-refractivity contribution < 1.29 is 18.8 Å². The molecule has 19 heavy (non-hydrogen) atoms. The molecule has 1 aromatic heterocycles. The van der Waals surface area contributed by atoms with E-state index in [0.717, 1.165) is 0 Å². The van der Waals surface area contributed by atoms with E-state index in [1.165, 1.54) is 0 Å². The highest BCUT2D eigenvalue weighted by atomic mass is 79.9. The lowest BCUT2D eigenvalue weighted by atomic mass is 10.1. The lowest BCUT2D eigenvalue weighted by Gasteiger charge is -2.06. The lowest BCUT2D eigenvalue weighted by molar-refractivity contribution is 0.111. The van der Waals surface area contributed by atoms with Crippen molar-refractivity contribution in [2.45, 2.75) is 6.54 Å². The van der Waals surface area contributed by atoms with E-state index in [2.05, 4.69) is 26.1 Å². The van der Waals surface area contributed by atoms with Crippen LogP contribution in [-0.2, 0) is 6.54 Å². The summed E-state index contributed by atoms with van der Waals surface area (Å²) in [5, 5.41) is 3.83. The Hall–Kier alpha value is -1.93. The molecule has 98 valence electrons. The zero-order valence-electron chi connectivity index (χ0n) is 9.55. The smallest absolute Gasteiger partial charge is 0.240 e. The van der Waals surface area contributed by atoms with Crippen molar-refractivity contribution in [3.63, 3.8) is 0 Å². The van der Waals surface area contributed by atoms with Crippen LogP contribution >= 0.6 is 15.9 Å². The van der Waals surface area contributed by atoms with E-state index in [9.17, 15) is 4.79 Å². The molecule has 0 saturated heterocycles. The van der Waals surface area contributed by atoms with Crippen molar-refractivity contribution in [2.75, 3.05) is 6.79 Å². The van der Waals surface area contributed by atoms with Crippen LogP contribution in [0.5, 0.6) is 11.5 Å². The summed E-state index contributed by atoms with van der Waals surface area (Å²) in [7, 11) is 0. The lowest BCUT2D eigenvalue weighted by Crippen LogP contribution is -1.96. The molecule has 0 aliphatic carbocycles. The van der Waals surface area contributed by atoms with Crippen molar-refractivity contribution in [2.24, 2.45) is 5.73 Å². The number of nitrogens with two attached hydrogens (primary N) is 1. The first-order valence-electron chi connectivity index (χ1n) is 5.35. The van der Waals surface area contributed by atoms with Gasteiger partial charge in [-0.15, -0.1) is 0 Å². The van der Waals surface area contributed by atoms with E-state index in [4.69, 9.17) is 19.7 Å². The van der Waals surface area contributed by atoms with Gasteiger partial charge in [-0.1, -0.05) is 5.16 Å². The number of hydrogen-bond acceptors (Lipinski definition) is 7. The van der Waals surface area contributed by atoms with Gasteiger partial charge in [0.25, 0.3) is 0 Å². The molecule has 0 amide bonds. The maximum Gasteiger partial charge on any atom is 0.240 e. The van der Waals surface area contributed by atoms with Gasteiger partial charge >= 0.3 is 0 Å². The molecule has 0 bridgehead atoms. The van der Waals surface area contributed by atoms with Crippen LogP contribution in [0, 0.1) is 0 Å². The third kappa shape index (κ3) is 1.89. The maximum absolute atomic E-state index is 11.0. The minimum absolute atomic E-state index is 0.0429. The van der Waals surface area contributed by atoms with Crippen molar-refractivity contribution in [1.29, 1.82) is 0 Å². The molecular weight excluding hydrogens is 318 g/mol. The summed E-state index contributed by atoms with van der Waals surface area (Å²) in [5.41, 5.74) is 6.39. The number of fused-ring (bicyclic) bond motifs is 1. The number of aromatic nitrogens is 2. The minimum atomic E-state index is 0.0429. The SMILES string of the molecule is NCc1nc(-c2c(Br)cc(C=O)c3c2OCO3)no1. The number of nitrogens with zero attached hydrogens (tertiary/aromatic N) is 2. The second-order valence-electron chi connectivity index (χ2n) is 3.72. The molecule has 0 atom stereocenters. The Labute approximate surface area is 115 Å². The van der Waals surface area contributed by atoms with Crippen LogP contribution in [-0.4, -0.2) is 23.2 Å². The third-order valence-electron chi connectivity index (χ3n) is 2.62. The van der Waals surface area contributed by atoms with E-state index in [1.807, 2.05) is 0 Å². The van der Waals surface area contributed by atoms with E-state index < -0.39 is 0 Å². The van der Waals surface area contributed by atoms with Gasteiger partial charge in [-0.2, -0.15) is 4.98 Å². The van der Waals surface area contributed by atoms with Gasteiger partial charge in [-0.25, -0.2) is 0 Å². The molecule has 1 aromatic carbocycles. The van der Waals surface area contributed by atoms with Crippen molar-refractivity contribution in [1.82, 2.24) is 10.1 Å². The van der Waals surface area contributed by atoms with E-state index in [0.29, 0.717) is 45.1 Å². The summed E-state index contributed by atoms with van der Waals surface area (Å²) in [6.07, 6.45) is 0.698. The summed E-state index contributed by atoms with van der Waals surface area (Å²) < 4.78 is 16.3. The zero-order valence-corrected chi connectivity index (χ0v) is 11.1. The summed E-state index contributed by atoms with van der Waals surface area (Å²) >= 11 is 3.36. The number of ether oxygens (including phenoxy) is 2. The van der Waals surface area contributed by atoms with Crippen LogP contribution in [0.25, 0.3) is 11.4 Å². The first kappa shape index (κ1) is 12.1. The molecule has 0 unspecified atom stereocenters. The molecule has 8 heteroatoms. The quantitative estimate of drug-likeness (QED) is 0.853. The van der Waals surface area contributed by atoms with Gasteiger partial charge in [-0.3, -0.25) is 4.79 Å². The summed E-state index contributed by atoms with van der Waals surface area (Å²) in [5.74, 6) is 1.44. The second kappa shape index (κ2) is 4.63. The highest BCUT2D eigenvalue weighted by Crippen LogP contribution is 2.46. The third-order valence-corrected chi connectivity index (χ3v) is 3.24. The second-order valence-corrected chi connectivity index (χ2v) is 4.58. The highest BCUT2D eigenvalue weighted by molar-refractivity contribution is 9.10. The number of carbonyl (C=O) groups is 1. The maximum atomic E-state index is 11.0. The molecule has 0 radical (unpaired) electrons. The van der Waals surface area contributed by atoms with Crippen LogP contribution in [0.3, 0.4) is 0 Å². The van der Waals surface area contributed by atoms with Gasteiger partial charge in [0.15, 0.2) is 17.8 Å². The molecule has 3 rings (SSSR count). The number of aldehydes is 1. The predicted octanol–water partition coefficient (Wildman–Crippen LogP) is 1.50. The number of hydrogen-bond donors (Lipinski definition) is 1. The normalized spacial score (nSPS) is 12.7. The molecule has 0 spiro atoms. The Bertz CT molecular complexity index is 656. The summed E-state index contributed by atoms with van der Waals surface area (Å²) in [6, 6.07) is 1.62. The van der Waals surface area contributed by atoms with E-state index in [-0.39, 0.29) is 13.3 Å². The first-order valence-corrected chi connectivity index (χ1v) is 6.14. The number of halogens is 1. The van der Waals surface area contributed by atoms with E-state index in [1.54, 1.807) is 6.07 Å². The molecule has 0 saturated carbocycles. The van der Waals surface area contributed by atoms with Gasteiger partial charge in [-0.05, 0) is 22.0 Å². The van der Waals surface area contributed by atoms with Gasteiger partial charge < -0.3 is 19.7 Å². The largest absolute Gasteiger partial charge is 0.453 e. The zero-order chi connectivity index (χ0) is 13.4. The monoisotopic (exact) mass is 325 g/mol. The van der Waals surface area contributed by atoms with Gasteiger partial charge in [0.05, 0.1) is 17.7 Å². The van der Waals surface area contributed by atoms with Crippen LogP contribution in [0.1, 0.15) is 16.2 Å². The summed E-state index contributed by atoms with van der Waals surface area (Å²) in [4.78, 5) is 15.1. The highest BCUT2D eigenvalue weighted by Gasteiger charge is 2.27. The molecule has 2 N–H and O–H groups in total. The first-order chi connectivity index (χ1) is 9.24. The number of benzene rings is 1. The molecular formula is C11H8BrN3O4. The van der Waals surface area contributed by atoms with Crippen LogP contribution in [0.4, 0.5) is 0 Å². The predicted molar refractivity (Wildman–Crippen MR) is 66.8 cm³/mol. The van der Waals surface area contributed by atoms with Crippen LogP contribution in [0.15, 0.2) is 15.1 Å². The molecule has 1 aliphatic rings. The average Bonchev–Trinajstić information content (AvgIpc) is 3.06. The molecule has 2 aromatic rings. The standard InChI is InChI=1S/C11H8BrN3O4/c12-6-1-5(3-16)9-10(18-4-17-9)8(6)11-14-7(2-13)19-15-11/h1,3H,2,4,13H2.